The van der Waals surface area contributed by atoms with Crippen LogP contribution in [0.4, 0.5) is 30.8 Å². The molecule has 5 aromatic rings. The van der Waals surface area contributed by atoms with E-state index in [1.807, 2.05) is 39.8 Å². The van der Waals surface area contributed by atoms with Gasteiger partial charge in [-0.15, -0.1) is 0 Å². The second-order valence-corrected chi connectivity index (χ2v) is 9.55. The largest absolute Gasteiger partial charge is 0.416 e. The number of hydrogen-bond acceptors (Lipinski definition) is 7. The highest BCUT2D eigenvalue weighted by atomic mass is 19.4. The van der Waals surface area contributed by atoms with E-state index >= 15 is 0 Å². The number of amides is 1. The minimum absolute atomic E-state index is 0.0944. The lowest BCUT2D eigenvalue weighted by atomic mass is 10.1. The first-order valence-corrected chi connectivity index (χ1v) is 12.9. The molecule has 0 atom stereocenters. The fraction of sp³-hybridized carbons (Fsp3) is 0.250. The highest BCUT2D eigenvalue weighted by Gasteiger charge is 2.30. The molecule has 0 unspecified atom stereocenters. The second kappa shape index (κ2) is 10.4. The molecular formula is C28H25F3N8O. The van der Waals surface area contributed by atoms with Crippen molar-refractivity contribution in [1.82, 2.24) is 29.4 Å². The van der Waals surface area contributed by atoms with Gasteiger partial charge in [0.05, 0.1) is 11.9 Å². The first-order chi connectivity index (χ1) is 19.3. The molecule has 9 nitrogen and oxygen atoms in total. The summed E-state index contributed by atoms with van der Waals surface area (Å²) in [6.45, 7) is 1.83. The molecule has 2 aromatic carbocycles. The number of pyridine rings is 1. The number of anilines is 3. The lowest BCUT2D eigenvalue weighted by molar-refractivity contribution is -0.137. The minimum Gasteiger partial charge on any atom is -0.364 e. The summed E-state index contributed by atoms with van der Waals surface area (Å²) in [6, 6.07) is 14.8. The molecule has 204 valence electrons. The van der Waals surface area contributed by atoms with Crippen LogP contribution in [0.3, 0.4) is 0 Å². The van der Waals surface area contributed by atoms with Crippen molar-refractivity contribution < 1.29 is 18.0 Å². The smallest absolute Gasteiger partial charge is 0.364 e. The van der Waals surface area contributed by atoms with Gasteiger partial charge in [0, 0.05) is 44.2 Å². The van der Waals surface area contributed by atoms with E-state index in [-0.39, 0.29) is 18.4 Å². The van der Waals surface area contributed by atoms with E-state index in [0.717, 1.165) is 35.9 Å². The number of fused-ring (bicyclic) bond motifs is 2. The van der Waals surface area contributed by atoms with Crippen LogP contribution in [-0.4, -0.2) is 48.4 Å². The number of carbonyl (C=O) groups is 1. The van der Waals surface area contributed by atoms with Gasteiger partial charge in [0.1, 0.15) is 5.82 Å². The van der Waals surface area contributed by atoms with Gasteiger partial charge in [-0.05, 0) is 35.6 Å². The van der Waals surface area contributed by atoms with Crippen molar-refractivity contribution in [3.05, 3.63) is 78.2 Å². The van der Waals surface area contributed by atoms with Gasteiger partial charge in [0.15, 0.2) is 17.0 Å². The third kappa shape index (κ3) is 5.24. The average molecular weight is 547 g/mol. The molecule has 3 aromatic heterocycles. The summed E-state index contributed by atoms with van der Waals surface area (Å²) in [7, 11) is 0. The van der Waals surface area contributed by atoms with Crippen LogP contribution in [0.1, 0.15) is 24.0 Å². The molecule has 0 aliphatic carbocycles. The summed E-state index contributed by atoms with van der Waals surface area (Å²) in [4.78, 5) is 32.2. The van der Waals surface area contributed by atoms with Gasteiger partial charge in [-0.1, -0.05) is 36.4 Å². The van der Waals surface area contributed by atoms with Crippen molar-refractivity contribution >= 4 is 45.4 Å². The fourth-order valence-corrected chi connectivity index (χ4v) is 4.82. The number of hydrogen-bond donors (Lipinski definition) is 2. The van der Waals surface area contributed by atoms with E-state index in [4.69, 9.17) is 4.98 Å². The van der Waals surface area contributed by atoms with Crippen LogP contribution in [0, 0.1) is 0 Å². The summed E-state index contributed by atoms with van der Waals surface area (Å²) in [5.74, 6) is 1.31. The number of carbonyl (C=O) groups excluding carboxylic acids is 1. The first kappa shape index (κ1) is 25.5. The topological polar surface area (TPSA) is 101 Å². The van der Waals surface area contributed by atoms with Crippen molar-refractivity contribution in [2.24, 2.45) is 0 Å². The third-order valence-electron chi connectivity index (χ3n) is 6.86. The molecule has 1 aliphatic heterocycles. The van der Waals surface area contributed by atoms with Gasteiger partial charge in [0.2, 0.25) is 11.9 Å². The van der Waals surface area contributed by atoms with Crippen molar-refractivity contribution in [2.75, 3.05) is 23.7 Å². The van der Waals surface area contributed by atoms with Crippen LogP contribution in [0.5, 0.6) is 0 Å². The maximum absolute atomic E-state index is 13.2. The number of imidazole rings is 1. The number of benzene rings is 2. The Morgan fingerprint density at radius 2 is 1.82 bits per heavy atom. The van der Waals surface area contributed by atoms with Gasteiger partial charge in [-0.25, -0.2) is 9.97 Å². The maximum Gasteiger partial charge on any atom is 0.416 e. The molecule has 1 fully saturated rings. The van der Waals surface area contributed by atoms with Crippen LogP contribution < -0.4 is 10.6 Å². The van der Waals surface area contributed by atoms with Crippen LogP contribution >= 0.6 is 0 Å². The number of alkyl halides is 3. The number of likely N-dealkylation sites (tertiary alicyclic amines) is 1. The van der Waals surface area contributed by atoms with Gasteiger partial charge in [-0.3, -0.25) is 4.79 Å². The van der Waals surface area contributed by atoms with Gasteiger partial charge < -0.3 is 20.1 Å². The predicted octanol–water partition coefficient (Wildman–Crippen LogP) is 5.37. The Bertz CT molecular complexity index is 1700. The SMILES string of the molecule is O=C1CCCN1CCn1cnc2c(NCc3cccc(C(F)(F)F)c3)nc(Nc3nccc4ccccc34)nc21. The molecule has 40 heavy (non-hydrogen) atoms. The number of nitrogens with zero attached hydrogens (tertiary/aromatic N) is 6. The Morgan fingerprint density at radius 1 is 0.950 bits per heavy atom. The molecule has 1 aliphatic rings. The van der Waals surface area contributed by atoms with E-state index in [1.165, 1.54) is 6.07 Å². The standard InChI is InChI=1S/C28H25F3N8O/c29-28(30,31)20-7-3-5-18(15-20)16-33-25-23-26(39(17-34-23)14-13-38-12-4-9-22(38)40)37-27(36-25)35-24-21-8-2-1-6-19(21)10-11-32-24/h1-3,5-8,10-11,15,17H,4,9,12-14,16H2,(H2,32,33,35,36,37). The molecular weight excluding hydrogens is 521 g/mol. The highest BCUT2D eigenvalue weighted by Crippen LogP contribution is 2.30. The second-order valence-electron chi connectivity index (χ2n) is 9.55. The van der Waals surface area contributed by atoms with E-state index in [9.17, 15) is 18.0 Å². The van der Waals surface area contributed by atoms with Crippen molar-refractivity contribution in [1.29, 1.82) is 0 Å². The van der Waals surface area contributed by atoms with Crippen LogP contribution in [0.15, 0.2) is 67.1 Å². The first-order valence-electron chi connectivity index (χ1n) is 12.9. The zero-order valence-electron chi connectivity index (χ0n) is 21.3. The summed E-state index contributed by atoms with van der Waals surface area (Å²) < 4.78 is 41.5. The Morgan fingerprint density at radius 3 is 2.65 bits per heavy atom. The minimum atomic E-state index is -4.43. The van der Waals surface area contributed by atoms with Crippen molar-refractivity contribution in [3.63, 3.8) is 0 Å². The Labute approximate surface area is 227 Å². The maximum atomic E-state index is 13.2. The summed E-state index contributed by atoms with van der Waals surface area (Å²) in [6.07, 6.45) is 0.294. The van der Waals surface area contributed by atoms with E-state index < -0.39 is 11.7 Å². The van der Waals surface area contributed by atoms with Crippen molar-refractivity contribution in [2.45, 2.75) is 32.1 Å². The molecule has 0 spiro atoms. The highest BCUT2D eigenvalue weighted by molar-refractivity contribution is 5.93. The molecule has 2 N–H and O–H groups in total. The number of nitrogens with one attached hydrogen (secondary N) is 2. The number of halogens is 3. The molecule has 1 amide bonds. The zero-order valence-corrected chi connectivity index (χ0v) is 21.3. The van der Waals surface area contributed by atoms with Gasteiger partial charge in [0.25, 0.3) is 0 Å². The Kier molecular flexibility index (Phi) is 6.66. The molecule has 1 saturated heterocycles. The normalized spacial score (nSPS) is 13.9. The summed E-state index contributed by atoms with van der Waals surface area (Å²) in [5.41, 5.74) is 0.718. The fourth-order valence-electron chi connectivity index (χ4n) is 4.82. The molecule has 12 heteroatoms. The molecule has 0 bridgehead atoms. The van der Waals surface area contributed by atoms with Gasteiger partial charge in [-0.2, -0.15) is 23.1 Å². The predicted molar refractivity (Wildman–Crippen MR) is 145 cm³/mol. The molecule has 6 rings (SSSR count). The summed E-state index contributed by atoms with van der Waals surface area (Å²) >= 11 is 0. The van der Waals surface area contributed by atoms with Gasteiger partial charge >= 0.3 is 6.18 Å². The molecule has 4 heterocycles. The number of rotatable bonds is 8. The van der Waals surface area contributed by atoms with E-state index in [2.05, 4.69) is 25.6 Å². The average Bonchev–Trinajstić information content (AvgIpc) is 3.56. The zero-order chi connectivity index (χ0) is 27.7. The molecule has 0 radical (unpaired) electrons. The Balaban J connectivity index is 1.34. The summed E-state index contributed by atoms with van der Waals surface area (Å²) in [5, 5.41) is 8.22. The monoisotopic (exact) mass is 546 g/mol. The third-order valence-corrected chi connectivity index (χ3v) is 6.86. The lowest BCUT2D eigenvalue weighted by Crippen LogP contribution is -2.28. The van der Waals surface area contributed by atoms with Crippen molar-refractivity contribution in [3.8, 4) is 0 Å². The van der Waals surface area contributed by atoms with E-state index in [0.29, 0.717) is 47.9 Å². The molecule has 0 saturated carbocycles. The van der Waals surface area contributed by atoms with E-state index in [1.54, 1.807) is 18.6 Å². The number of aromatic nitrogens is 5. The Hall–Kier alpha value is -4.74. The van der Waals surface area contributed by atoms with Crippen LogP contribution in [-0.2, 0) is 24.1 Å². The van der Waals surface area contributed by atoms with Crippen LogP contribution in [0.2, 0.25) is 0 Å². The van der Waals surface area contributed by atoms with Crippen LogP contribution in [0.25, 0.3) is 21.9 Å². The quantitative estimate of drug-likeness (QED) is 0.270. The lowest BCUT2D eigenvalue weighted by Gasteiger charge is -2.16.